The van der Waals surface area contributed by atoms with Gasteiger partial charge in [0.15, 0.2) is 5.76 Å². The molecule has 4 nitrogen and oxygen atoms in total. The van der Waals surface area contributed by atoms with E-state index in [0.717, 1.165) is 15.6 Å². The highest BCUT2D eigenvalue weighted by Crippen LogP contribution is 2.32. The van der Waals surface area contributed by atoms with Crippen LogP contribution in [-0.2, 0) is 0 Å². The molecule has 0 unspecified atom stereocenters. The first-order valence-electron chi connectivity index (χ1n) is 8.96. The number of nitrogens with zero attached hydrogens (tertiary/aromatic N) is 1. The molecule has 0 bridgehead atoms. The van der Waals surface area contributed by atoms with Gasteiger partial charge in [-0.25, -0.2) is 9.78 Å². The lowest BCUT2D eigenvalue weighted by atomic mass is 9.98. The van der Waals surface area contributed by atoms with Crippen LogP contribution >= 0.6 is 15.9 Å². The van der Waals surface area contributed by atoms with Crippen molar-refractivity contribution < 1.29 is 14.3 Å². The lowest BCUT2D eigenvalue weighted by Crippen LogP contribution is -2.01. The molecule has 2 heterocycles. The number of rotatable bonds is 4. The first-order valence-corrected chi connectivity index (χ1v) is 9.76. The third kappa shape index (κ3) is 3.45. The van der Waals surface area contributed by atoms with Crippen molar-refractivity contribution >= 4 is 32.8 Å². The number of halogens is 1. The Balaban J connectivity index is 1.83. The van der Waals surface area contributed by atoms with Gasteiger partial charge in [-0.2, -0.15) is 0 Å². The van der Waals surface area contributed by atoms with Crippen molar-refractivity contribution in [3.63, 3.8) is 0 Å². The van der Waals surface area contributed by atoms with Crippen LogP contribution in [0.2, 0.25) is 0 Å². The Morgan fingerprint density at radius 1 is 1.04 bits per heavy atom. The number of aromatic carboxylic acids is 1. The maximum atomic E-state index is 11.9. The highest BCUT2D eigenvalue weighted by molar-refractivity contribution is 9.10. The van der Waals surface area contributed by atoms with E-state index in [1.165, 1.54) is 0 Å². The summed E-state index contributed by atoms with van der Waals surface area (Å²) >= 11 is 3.46. The molecule has 2 aromatic heterocycles. The van der Waals surface area contributed by atoms with Gasteiger partial charge in [-0.15, -0.1) is 0 Å². The average Bonchev–Trinajstić information content (AvgIpc) is 3.16. The lowest BCUT2D eigenvalue weighted by Gasteiger charge is -2.10. The van der Waals surface area contributed by atoms with Crippen molar-refractivity contribution in [3.8, 4) is 22.8 Å². The number of hydrogen-bond donors (Lipinski definition) is 1. The molecule has 0 aliphatic carbocycles. The van der Waals surface area contributed by atoms with Crippen LogP contribution < -0.4 is 0 Å². The van der Waals surface area contributed by atoms with Gasteiger partial charge in [0, 0.05) is 15.4 Å². The van der Waals surface area contributed by atoms with Crippen molar-refractivity contribution in [2.75, 3.05) is 0 Å². The van der Waals surface area contributed by atoms with Crippen LogP contribution in [0.25, 0.3) is 33.7 Å². The summed E-state index contributed by atoms with van der Waals surface area (Å²) in [5, 5.41) is 10.4. The van der Waals surface area contributed by atoms with Crippen LogP contribution in [-0.4, -0.2) is 16.1 Å². The van der Waals surface area contributed by atoms with Gasteiger partial charge in [0.1, 0.15) is 11.5 Å². The summed E-state index contributed by atoms with van der Waals surface area (Å²) in [4.78, 5) is 16.5. The molecule has 4 aromatic rings. The number of carboxylic acid groups (broad SMARTS) is 1. The maximum absolute atomic E-state index is 11.9. The summed E-state index contributed by atoms with van der Waals surface area (Å²) < 4.78 is 6.94. The minimum Gasteiger partial charge on any atom is -0.478 e. The van der Waals surface area contributed by atoms with Crippen molar-refractivity contribution in [2.24, 2.45) is 0 Å². The molecule has 2 aromatic carbocycles. The zero-order chi connectivity index (χ0) is 19.8. The second-order valence-electron chi connectivity index (χ2n) is 6.97. The highest BCUT2D eigenvalue weighted by atomic mass is 79.9. The summed E-state index contributed by atoms with van der Waals surface area (Å²) in [5.74, 6) is 0.564. The molecule has 0 fully saturated rings. The summed E-state index contributed by atoms with van der Waals surface area (Å²) in [6.07, 6.45) is 0. The molecule has 4 rings (SSSR count). The highest BCUT2D eigenvalue weighted by Gasteiger charge is 2.16. The molecule has 0 saturated heterocycles. The van der Waals surface area contributed by atoms with E-state index in [1.54, 1.807) is 6.07 Å². The van der Waals surface area contributed by atoms with E-state index >= 15 is 0 Å². The second-order valence-corrected chi connectivity index (χ2v) is 7.88. The fraction of sp³-hybridized carbons (Fsp3) is 0.130. The number of aromatic nitrogens is 1. The molecule has 0 amide bonds. The van der Waals surface area contributed by atoms with E-state index in [0.29, 0.717) is 34.0 Å². The van der Waals surface area contributed by atoms with E-state index < -0.39 is 5.97 Å². The number of furan rings is 1. The van der Waals surface area contributed by atoms with Gasteiger partial charge < -0.3 is 9.52 Å². The SMILES string of the molecule is CC(C)c1ccc2nc(-c3ccc(-c4cccc(Br)c4)o3)cc(C(=O)O)c2c1. The molecule has 5 heteroatoms. The predicted molar refractivity (Wildman–Crippen MR) is 114 cm³/mol. The quantitative estimate of drug-likeness (QED) is 0.385. The summed E-state index contributed by atoms with van der Waals surface area (Å²) in [6.45, 7) is 4.16. The normalized spacial score (nSPS) is 11.3. The topological polar surface area (TPSA) is 63.3 Å². The van der Waals surface area contributed by atoms with Crippen molar-refractivity contribution in [3.05, 3.63) is 76.3 Å². The zero-order valence-electron chi connectivity index (χ0n) is 15.4. The summed E-state index contributed by atoms with van der Waals surface area (Å²) in [6, 6.07) is 18.8. The van der Waals surface area contributed by atoms with E-state index in [1.807, 2.05) is 54.6 Å². The number of fused-ring (bicyclic) bond motifs is 1. The standard InChI is InChI=1S/C23H18BrNO3/c1-13(2)14-6-7-19-17(11-14)18(23(26)27)12-20(25-19)22-9-8-21(28-22)15-4-3-5-16(24)10-15/h3-13H,1-2H3,(H,26,27). The van der Waals surface area contributed by atoms with Crippen molar-refractivity contribution in [1.29, 1.82) is 0 Å². The van der Waals surface area contributed by atoms with Gasteiger partial charge >= 0.3 is 5.97 Å². The van der Waals surface area contributed by atoms with Gasteiger partial charge in [-0.1, -0.05) is 48.0 Å². The Morgan fingerprint density at radius 3 is 2.54 bits per heavy atom. The smallest absolute Gasteiger partial charge is 0.336 e. The van der Waals surface area contributed by atoms with Crippen LogP contribution in [0.5, 0.6) is 0 Å². The Hall–Kier alpha value is -2.92. The fourth-order valence-corrected chi connectivity index (χ4v) is 3.58. The number of benzene rings is 2. The molecular weight excluding hydrogens is 418 g/mol. The summed E-state index contributed by atoms with van der Waals surface area (Å²) in [7, 11) is 0. The zero-order valence-corrected chi connectivity index (χ0v) is 17.0. The molecule has 0 radical (unpaired) electrons. The van der Waals surface area contributed by atoms with E-state index in [4.69, 9.17) is 4.42 Å². The van der Waals surface area contributed by atoms with Crippen molar-refractivity contribution in [2.45, 2.75) is 19.8 Å². The van der Waals surface area contributed by atoms with Gasteiger partial charge in [-0.05, 0) is 53.9 Å². The number of carbonyl (C=O) groups is 1. The third-order valence-electron chi connectivity index (χ3n) is 4.70. The van der Waals surface area contributed by atoms with Gasteiger partial charge in [0.05, 0.1) is 11.1 Å². The number of carboxylic acids is 1. The minimum atomic E-state index is -0.978. The minimum absolute atomic E-state index is 0.225. The van der Waals surface area contributed by atoms with Crippen LogP contribution in [0.1, 0.15) is 35.7 Å². The summed E-state index contributed by atoms with van der Waals surface area (Å²) in [5.41, 5.74) is 3.38. The van der Waals surface area contributed by atoms with Crippen LogP contribution in [0.4, 0.5) is 0 Å². The fourth-order valence-electron chi connectivity index (χ4n) is 3.18. The van der Waals surface area contributed by atoms with E-state index in [-0.39, 0.29) is 5.56 Å². The predicted octanol–water partition coefficient (Wildman–Crippen LogP) is 6.75. The van der Waals surface area contributed by atoms with E-state index in [9.17, 15) is 9.90 Å². The largest absolute Gasteiger partial charge is 0.478 e. The van der Waals surface area contributed by atoms with E-state index in [2.05, 4.69) is 34.8 Å². The molecule has 140 valence electrons. The maximum Gasteiger partial charge on any atom is 0.336 e. The van der Waals surface area contributed by atoms with Gasteiger partial charge in [-0.3, -0.25) is 0 Å². The Kier molecular flexibility index (Phi) is 4.77. The molecule has 28 heavy (non-hydrogen) atoms. The van der Waals surface area contributed by atoms with Crippen LogP contribution in [0.15, 0.2) is 69.6 Å². The molecule has 0 aliphatic heterocycles. The molecule has 1 N–H and O–H groups in total. The van der Waals surface area contributed by atoms with Gasteiger partial charge in [0.25, 0.3) is 0 Å². The molecule has 0 atom stereocenters. The molecule has 0 aliphatic rings. The monoisotopic (exact) mass is 435 g/mol. The Bertz CT molecular complexity index is 1190. The first-order chi connectivity index (χ1) is 13.4. The van der Waals surface area contributed by atoms with Gasteiger partial charge in [0.2, 0.25) is 0 Å². The van der Waals surface area contributed by atoms with Crippen molar-refractivity contribution in [1.82, 2.24) is 4.98 Å². The lowest BCUT2D eigenvalue weighted by molar-refractivity contribution is 0.0699. The first kappa shape index (κ1) is 18.4. The molecule has 0 saturated carbocycles. The molecule has 0 spiro atoms. The number of hydrogen-bond acceptors (Lipinski definition) is 3. The second kappa shape index (κ2) is 7.24. The number of pyridine rings is 1. The average molecular weight is 436 g/mol. The third-order valence-corrected chi connectivity index (χ3v) is 5.19. The van der Waals surface area contributed by atoms with Crippen LogP contribution in [0.3, 0.4) is 0 Å². The molecular formula is C23H18BrNO3. The Morgan fingerprint density at radius 2 is 1.82 bits per heavy atom. The van der Waals surface area contributed by atoms with Crippen LogP contribution in [0, 0.1) is 0 Å². The Labute approximate surface area is 171 Å².